The van der Waals surface area contributed by atoms with Crippen LogP contribution >= 0.6 is 0 Å². The molecule has 0 saturated carbocycles. The molecule has 286 valence electrons. The maximum Gasteiger partial charge on any atom is 0.235 e. The van der Waals surface area contributed by atoms with Crippen molar-refractivity contribution in [1.29, 1.82) is 0 Å². The molecule has 4 nitrogen and oxygen atoms in total. The SMILES string of the molecule is CC1(C)c2ccccc2-c2ccc(-n3c4ccccc4c4c5ccccc5c(-c5ccc6c7ccccc7n(-c7nc(-c8ccccc8)c8ccccc8n7)c6c5)cc43)cc21. The van der Waals surface area contributed by atoms with Gasteiger partial charge in [-0.3, -0.25) is 4.57 Å². The molecule has 1 aliphatic rings. The predicted molar refractivity (Wildman–Crippen MR) is 254 cm³/mol. The molecule has 13 rings (SSSR count). The minimum Gasteiger partial charge on any atom is -0.309 e. The van der Waals surface area contributed by atoms with E-state index in [1.807, 2.05) is 0 Å². The number of fused-ring (bicyclic) bond motifs is 12. The molecule has 61 heavy (non-hydrogen) atoms. The number of aromatic nitrogens is 4. The van der Waals surface area contributed by atoms with E-state index < -0.39 is 0 Å². The first-order valence-corrected chi connectivity index (χ1v) is 21.1. The Morgan fingerprint density at radius 3 is 1.85 bits per heavy atom. The van der Waals surface area contributed by atoms with Crippen LogP contribution in [0.1, 0.15) is 25.0 Å². The van der Waals surface area contributed by atoms with E-state index in [0.717, 1.165) is 38.8 Å². The Labute approximate surface area is 352 Å². The van der Waals surface area contributed by atoms with Crippen LogP contribution < -0.4 is 0 Å². The van der Waals surface area contributed by atoms with Crippen molar-refractivity contribution in [2.75, 3.05) is 0 Å². The largest absolute Gasteiger partial charge is 0.309 e. The molecule has 0 spiro atoms. The van der Waals surface area contributed by atoms with Crippen molar-refractivity contribution in [1.82, 2.24) is 19.1 Å². The van der Waals surface area contributed by atoms with E-state index in [9.17, 15) is 0 Å². The first-order chi connectivity index (χ1) is 30.0. The predicted octanol–water partition coefficient (Wildman–Crippen LogP) is 14.6. The van der Waals surface area contributed by atoms with Crippen molar-refractivity contribution in [3.8, 4) is 45.1 Å². The second-order valence-corrected chi connectivity index (χ2v) is 17.0. The summed E-state index contributed by atoms with van der Waals surface area (Å²) in [7, 11) is 0. The molecule has 4 heteroatoms. The number of para-hydroxylation sites is 3. The van der Waals surface area contributed by atoms with Gasteiger partial charge in [-0.05, 0) is 86.6 Å². The lowest BCUT2D eigenvalue weighted by Gasteiger charge is -2.22. The maximum atomic E-state index is 5.37. The smallest absolute Gasteiger partial charge is 0.235 e. The van der Waals surface area contributed by atoms with Gasteiger partial charge in [0.05, 0.1) is 33.3 Å². The lowest BCUT2D eigenvalue weighted by Crippen LogP contribution is -2.15. The average Bonchev–Trinajstić information content (AvgIpc) is 3.91. The highest BCUT2D eigenvalue weighted by Crippen LogP contribution is 2.50. The van der Waals surface area contributed by atoms with Crippen molar-refractivity contribution < 1.29 is 0 Å². The molecule has 0 fully saturated rings. The summed E-state index contributed by atoms with van der Waals surface area (Å²) in [5.41, 5.74) is 16.2. The summed E-state index contributed by atoms with van der Waals surface area (Å²) in [6.45, 7) is 4.72. The highest BCUT2D eigenvalue weighted by atomic mass is 15.2. The summed E-state index contributed by atoms with van der Waals surface area (Å²) >= 11 is 0. The van der Waals surface area contributed by atoms with E-state index in [-0.39, 0.29) is 5.41 Å². The van der Waals surface area contributed by atoms with E-state index in [4.69, 9.17) is 9.97 Å². The molecule has 0 radical (unpaired) electrons. The minimum atomic E-state index is -0.108. The fourth-order valence-electron chi connectivity index (χ4n) is 10.5. The standard InChI is InChI=1S/C57H38N4/c1-57(2)47-24-12-8-19-39(47)40-31-29-37(33-48(40)57)60-51-27-15-11-23-45(51)54-43-21-7-6-18-38(43)46(34-53(54)60)36-28-30-42-41-20-10-14-26-50(41)61(52(42)32-36)56-58-49-25-13-9-22-44(49)55(59-56)35-16-4-3-5-17-35/h3-34H,1-2H3. The van der Waals surface area contributed by atoms with Crippen LogP contribution in [0.3, 0.4) is 0 Å². The summed E-state index contributed by atoms with van der Waals surface area (Å²) in [5, 5.41) is 8.35. The highest BCUT2D eigenvalue weighted by Gasteiger charge is 2.35. The van der Waals surface area contributed by atoms with Gasteiger partial charge < -0.3 is 4.57 Å². The van der Waals surface area contributed by atoms with Crippen molar-refractivity contribution in [3.05, 3.63) is 205 Å². The summed E-state index contributed by atoms with van der Waals surface area (Å²) in [4.78, 5) is 10.6. The van der Waals surface area contributed by atoms with Gasteiger partial charge in [0.2, 0.25) is 5.95 Å². The number of hydrogen-bond acceptors (Lipinski definition) is 2. The van der Waals surface area contributed by atoms with Gasteiger partial charge in [-0.25, -0.2) is 9.97 Å². The Bertz CT molecular complexity index is 3790. The Hall–Kier alpha value is -7.82. The van der Waals surface area contributed by atoms with Gasteiger partial charge in [0.1, 0.15) is 0 Å². The van der Waals surface area contributed by atoms with Gasteiger partial charge in [0, 0.05) is 43.6 Å². The zero-order chi connectivity index (χ0) is 40.4. The zero-order valence-corrected chi connectivity index (χ0v) is 33.8. The lowest BCUT2D eigenvalue weighted by atomic mass is 9.82. The van der Waals surface area contributed by atoms with Gasteiger partial charge in [-0.15, -0.1) is 0 Å². The number of rotatable bonds is 4. The molecular formula is C57H38N4. The summed E-state index contributed by atoms with van der Waals surface area (Å²) in [6.07, 6.45) is 0. The minimum absolute atomic E-state index is 0.108. The van der Waals surface area contributed by atoms with Crippen molar-refractivity contribution in [2.24, 2.45) is 0 Å². The van der Waals surface area contributed by atoms with Gasteiger partial charge in [0.15, 0.2) is 0 Å². The fraction of sp³-hybridized carbons (Fsp3) is 0.0526. The van der Waals surface area contributed by atoms with Crippen LogP contribution in [0, 0.1) is 0 Å². The molecule has 3 heterocycles. The zero-order valence-electron chi connectivity index (χ0n) is 33.8. The third-order valence-electron chi connectivity index (χ3n) is 13.3. The van der Waals surface area contributed by atoms with Crippen LogP contribution in [0.25, 0.3) is 110 Å². The van der Waals surface area contributed by atoms with E-state index in [0.29, 0.717) is 5.95 Å². The molecule has 0 saturated heterocycles. The number of hydrogen-bond donors (Lipinski definition) is 0. The van der Waals surface area contributed by atoms with Gasteiger partial charge >= 0.3 is 0 Å². The number of benzene rings is 9. The molecule has 0 bridgehead atoms. The molecule has 0 atom stereocenters. The van der Waals surface area contributed by atoms with Crippen LogP contribution in [-0.2, 0) is 5.41 Å². The second kappa shape index (κ2) is 12.6. The van der Waals surface area contributed by atoms with Gasteiger partial charge in [-0.1, -0.05) is 166 Å². The first-order valence-electron chi connectivity index (χ1n) is 21.1. The molecule has 9 aromatic carbocycles. The topological polar surface area (TPSA) is 35.6 Å². The monoisotopic (exact) mass is 778 g/mol. The molecule has 0 aliphatic heterocycles. The van der Waals surface area contributed by atoms with E-state index >= 15 is 0 Å². The van der Waals surface area contributed by atoms with E-state index in [1.165, 1.54) is 76.9 Å². The van der Waals surface area contributed by atoms with Crippen LogP contribution in [-0.4, -0.2) is 19.1 Å². The summed E-state index contributed by atoms with van der Waals surface area (Å²) in [5.74, 6) is 0.656. The van der Waals surface area contributed by atoms with Gasteiger partial charge in [-0.2, -0.15) is 0 Å². The lowest BCUT2D eigenvalue weighted by molar-refractivity contribution is 0.660. The molecule has 0 amide bonds. The van der Waals surface area contributed by atoms with Crippen molar-refractivity contribution in [2.45, 2.75) is 19.3 Å². The molecular weight excluding hydrogens is 741 g/mol. The van der Waals surface area contributed by atoms with Crippen LogP contribution in [0.15, 0.2) is 194 Å². The maximum absolute atomic E-state index is 5.37. The van der Waals surface area contributed by atoms with Crippen molar-refractivity contribution in [3.63, 3.8) is 0 Å². The molecule has 3 aromatic heterocycles. The Morgan fingerprint density at radius 2 is 1.02 bits per heavy atom. The third kappa shape index (κ3) is 4.82. The second-order valence-electron chi connectivity index (χ2n) is 17.0. The molecule has 0 unspecified atom stereocenters. The normalized spacial score (nSPS) is 13.2. The Morgan fingerprint density at radius 1 is 0.377 bits per heavy atom. The first kappa shape index (κ1) is 34.1. The average molecular weight is 779 g/mol. The fourth-order valence-corrected chi connectivity index (χ4v) is 10.5. The van der Waals surface area contributed by atoms with Gasteiger partial charge in [0.25, 0.3) is 0 Å². The van der Waals surface area contributed by atoms with Crippen molar-refractivity contribution >= 4 is 65.3 Å². The van der Waals surface area contributed by atoms with Crippen LogP contribution in [0.4, 0.5) is 0 Å². The Kier molecular flexibility index (Phi) is 7.04. The molecule has 0 N–H and O–H groups in total. The Balaban J connectivity index is 1.08. The van der Waals surface area contributed by atoms with E-state index in [1.54, 1.807) is 0 Å². The third-order valence-corrected chi connectivity index (χ3v) is 13.3. The highest BCUT2D eigenvalue weighted by molar-refractivity contribution is 6.24. The molecule has 1 aliphatic carbocycles. The number of nitrogens with zero attached hydrogens (tertiary/aromatic N) is 4. The van der Waals surface area contributed by atoms with Crippen LogP contribution in [0.2, 0.25) is 0 Å². The quantitative estimate of drug-likeness (QED) is 0.178. The summed E-state index contributed by atoms with van der Waals surface area (Å²) < 4.78 is 4.75. The van der Waals surface area contributed by atoms with Crippen LogP contribution in [0.5, 0.6) is 0 Å². The molecule has 12 aromatic rings. The summed E-state index contributed by atoms with van der Waals surface area (Å²) in [6, 6.07) is 70.6. The van der Waals surface area contributed by atoms with E-state index in [2.05, 4.69) is 217 Å².